The zero-order valence-electron chi connectivity index (χ0n) is 16.9. The summed E-state index contributed by atoms with van der Waals surface area (Å²) in [5.41, 5.74) is 1.35. The van der Waals surface area contributed by atoms with E-state index in [1.165, 1.54) is 5.56 Å². The van der Waals surface area contributed by atoms with E-state index >= 15 is 0 Å². The minimum Gasteiger partial charge on any atom is -0.299 e. The first-order chi connectivity index (χ1) is 14.4. The topological polar surface area (TPSA) is 49.4 Å². The van der Waals surface area contributed by atoms with Crippen molar-refractivity contribution in [2.24, 2.45) is 5.92 Å². The Morgan fingerprint density at radius 2 is 1.63 bits per heavy atom. The number of likely N-dealkylation sites (tertiary alicyclic amines) is 1. The molecule has 30 heavy (non-hydrogen) atoms. The van der Waals surface area contributed by atoms with Gasteiger partial charge < -0.3 is 0 Å². The lowest BCUT2D eigenvalue weighted by Gasteiger charge is -2.38. The molecule has 2 aromatic rings. The van der Waals surface area contributed by atoms with Gasteiger partial charge >= 0.3 is 0 Å². The monoisotopic (exact) mass is 510 g/mol. The van der Waals surface area contributed by atoms with E-state index < -0.39 is 10.0 Å². The standard InChI is InChI=1S/C23H28BrClN2O2S/c24-19-6-10-21(11-7-19)30(28,29)26-22-2-1-3-23(22)27-14-12-18(13-15-27)16-17-4-8-20(25)9-5-17/h4-11,18,22-23,26H,1-3,12-16H2/t22-,23-/m1/s1. The van der Waals surface area contributed by atoms with Crippen molar-refractivity contribution < 1.29 is 8.42 Å². The van der Waals surface area contributed by atoms with Crippen molar-refractivity contribution in [1.82, 2.24) is 9.62 Å². The van der Waals surface area contributed by atoms with Gasteiger partial charge in [-0.05, 0) is 93.1 Å². The second-order valence-electron chi connectivity index (χ2n) is 8.49. The summed E-state index contributed by atoms with van der Waals surface area (Å²) in [5, 5.41) is 0.784. The average Bonchev–Trinajstić information content (AvgIpc) is 3.18. The largest absolute Gasteiger partial charge is 0.299 e. The van der Waals surface area contributed by atoms with E-state index in [0.29, 0.717) is 16.9 Å². The third-order valence-electron chi connectivity index (χ3n) is 6.47. The molecule has 2 fully saturated rings. The first kappa shape index (κ1) is 22.3. The lowest BCUT2D eigenvalue weighted by molar-refractivity contribution is 0.122. The number of halogens is 2. The zero-order chi connectivity index (χ0) is 21.1. The number of rotatable bonds is 6. The first-order valence-corrected chi connectivity index (χ1v) is 13.3. The molecule has 0 radical (unpaired) electrons. The highest BCUT2D eigenvalue weighted by Gasteiger charge is 2.36. The normalized spacial score (nSPS) is 23.7. The van der Waals surface area contributed by atoms with Crippen molar-refractivity contribution in [3.05, 3.63) is 63.6 Å². The molecular weight excluding hydrogens is 484 g/mol. The summed E-state index contributed by atoms with van der Waals surface area (Å²) < 4.78 is 29.6. The molecule has 7 heteroatoms. The van der Waals surface area contributed by atoms with Crippen molar-refractivity contribution in [2.45, 2.75) is 55.5 Å². The average molecular weight is 512 g/mol. The SMILES string of the molecule is O=S(=O)(N[C@@H]1CCC[C@H]1N1CCC(Cc2ccc(Cl)cc2)CC1)c1ccc(Br)cc1. The molecule has 1 heterocycles. The minimum absolute atomic E-state index is 0.00791. The summed E-state index contributed by atoms with van der Waals surface area (Å²) >= 11 is 9.36. The van der Waals surface area contributed by atoms with E-state index in [1.807, 2.05) is 12.1 Å². The second kappa shape index (κ2) is 9.70. The van der Waals surface area contributed by atoms with Crippen LogP contribution in [0.5, 0.6) is 0 Å². The lowest BCUT2D eigenvalue weighted by atomic mass is 9.89. The predicted molar refractivity (Wildman–Crippen MR) is 125 cm³/mol. The molecule has 0 spiro atoms. The van der Waals surface area contributed by atoms with Crippen molar-refractivity contribution in [3.63, 3.8) is 0 Å². The molecule has 2 aromatic carbocycles. The molecule has 1 aliphatic heterocycles. The maximum absolute atomic E-state index is 12.9. The highest BCUT2D eigenvalue weighted by atomic mass is 79.9. The van der Waals surface area contributed by atoms with Crippen molar-refractivity contribution in [2.75, 3.05) is 13.1 Å². The van der Waals surface area contributed by atoms with Crippen LogP contribution in [-0.2, 0) is 16.4 Å². The van der Waals surface area contributed by atoms with E-state index in [-0.39, 0.29) is 6.04 Å². The quantitative estimate of drug-likeness (QED) is 0.576. The van der Waals surface area contributed by atoms with Crippen LogP contribution < -0.4 is 4.72 Å². The van der Waals surface area contributed by atoms with E-state index in [4.69, 9.17) is 11.6 Å². The Balaban J connectivity index is 1.34. The Hall–Kier alpha value is -0.920. The number of hydrogen-bond acceptors (Lipinski definition) is 3. The fourth-order valence-corrected chi connectivity index (χ4v) is 6.53. The van der Waals surface area contributed by atoms with Crippen LogP contribution in [0.4, 0.5) is 0 Å². The Bertz CT molecular complexity index is 942. The van der Waals surface area contributed by atoms with Crippen LogP contribution in [0.15, 0.2) is 57.9 Å². The highest BCUT2D eigenvalue weighted by molar-refractivity contribution is 9.10. The van der Waals surface area contributed by atoms with Crippen molar-refractivity contribution in [3.8, 4) is 0 Å². The van der Waals surface area contributed by atoms with Crippen molar-refractivity contribution in [1.29, 1.82) is 0 Å². The van der Waals surface area contributed by atoms with Crippen LogP contribution in [-0.4, -0.2) is 38.5 Å². The molecule has 2 aliphatic rings. The van der Waals surface area contributed by atoms with Crippen LogP contribution in [0.2, 0.25) is 5.02 Å². The summed E-state index contributed by atoms with van der Waals surface area (Å²) in [6.45, 7) is 2.08. The number of nitrogens with zero attached hydrogens (tertiary/aromatic N) is 1. The molecule has 0 amide bonds. The molecule has 0 aromatic heterocycles. The van der Waals surface area contributed by atoms with Crippen LogP contribution in [0, 0.1) is 5.92 Å². The minimum atomic E-state index is -3.50. The number of nitrogens with one attached hydrogen (secondary N) is 1. The van der Waals surface area contributed by atoms with Gasteiger partial charge in [0, 0.05) is 21.6 Å². The van der Waals surface area contributed by atoms with E-state index in [2.05, 4.69) is 37.7 Å². The maximum Gasteiger partial charge on any atom is 0.240 e. The molecule has 162 valence electrons. The zero-order valence-corrected chi connectivity index (χ0v) is 20.1. The summed E-state index contributed by atoms with van der Waals surface area (Å²) in [7, 11) is -3.50. The molecule has 2 atom stereocenters. The lowest BCUT2D eigenvalue weighted by Crippen LogP contribution is -2.51. The summed E-state index contributed by atoms with van der Waals surface area (Å²) in [6, 6.07) is 15.3. The van der Waals surface area contributed by atoms with Crippen molar-refractivity contribution >= 4 is 37.6 Å². The van der Waals surface area contributed by atoms with Gasteiger partial charge in [-0.25, -0.2) is 13.1 Å². The summed E-state index contributed by atoms with van der Waals surface area (Å²) in [4.78, 5) is 2.85. The first-order valence-electron chi connectivity index (χ1n) is 10.7. The molecular formula is C23H28BrClN2O2S. The van der Waals surface area contributed by atoms with Gasteiger partial charge in [-0.1, -0.05) is 46.1 Å². The number of hydrogen-bond donors (Lipinski definition) is 1. The van der Waals surface area contributed by atoms with E-state index in [9.17, 15) is 8.42 Å². The highest BCUT2D eigenvalue weighted by Crippen LogP contribution is 2.31. The summed E-state index contributed by atoms with van der Waals surface area (Å²) in [6.07, 6.45) is 6.45. The fourth-order valence-electron chi connectivity index (χ4n) is 4.84. The number of sulfonamides is 1. The van der Waals surface area contributed by atoms with Gasteiger partial charge in [-0.3, -0.25) is 4.90 Å². The Morgan fingerprint density at radius 3 is 2.30 bits per heavy atom. The molecule has 1 N–H and O–H groups in total. The Kier molecular flexibility index (Phi) is 7.20. The number of benzene rings is 2. The molecule has 4 nitrogen and oxygen atoms in total. The number of piperidine rings is 1. The predicted octanol–water partition coefficient (Wildman–Crippen LogP) is 5.26. The van der Waals surface area contributed by atoms with Crippen LogP contribution in [0.1, 0.15) is 37.7 Å². The second-order valence-corrected chi connectivity index (χ2v) is 11.6. The van der Waals surface area contributed by atoms with Gasteiger partial charge in [0.25, 0.3) is 0 Å². The third-order valence-corrected chi connectivity index (χ3v) is 8.75. The third kappa shape index (κ3) is 5.46. The van der Waals surface area contributed by atoms with Gasteiger partial charge in [0.1, 0.15) is 0 Å². The Morgan fingerprint density at radius 1 is 0.967 bits per heavy atom. The Labute approximate surface area is 193 Å². The van der Waals surface area contributed by atoms with Gasteiger partial charge in [-0.15, -0.1) is 0 Å². The molecule has 1 saturated carbocycles. The van der Waals surface area contributed by atoms with Gasteiger partial charge in [0.2, 0.25) is 10.0 Å². The smallest absolute Gasteiger partial charge is 0.240 e. The summed E-state index contributed by atoms with van der Waals surface area (Å²) in [5.74, 6) is 0.682. The molecule has 1 saturated heterocycles. The molecule has 0 unspecified atom stereocenters. The molecule has 1 aliphatic carbocycles. The van der Waals surface area contributed by atoms with E-state index in [0.717, 1.165) is 61.1 Å². The molecule has 4 rings (SSSR count). The van der Waals surface area contributed by atoms with Crippen LogP contribution >= 0.6 is 27.5 Å². The van der Waals surface area contributed by atoms with E-state index in [1.54, 1.807) is 24.3 Å². The maximum atomic E-state index is 12.9. The molecule has 0 bridgehead atoms. The van der Waals surface area contributed by atoms with Crippen LogP contribution in [0.25, 0.3) is 0 Å². The van der Waals surface area contributed by atoms with Crippen LogP contribution in [0.3, 0.4) is 0 Å². The van der Waals surface area contributed by atoms with Gasteiger partial charge in [-0.2, -0.15) is 0 Å². The van der Waals surface area contributed by atoms with Gasteiger partial charge in [0.05, 0.1) is 4.90 Å². The fraction of sp³-hybridized carbons (Fsp3) is 0.478. The van der Waals surface area contributed by atoms with Gasteiger partial charge in [0.15, 0.2) is 0 Å².